The maximum absolute atomic E-state index is 13.8. The molecule has 0 aliphatic carbocycles. The molecule has 0 unspecified atom stereocenters. The highest BCUT2D eigenvalue weighted by Crippen LogP contribution is 2.37. The molecule has 3 aromatic carbocycles. The Labute approximate surface area is 263 Å². The maximum Gasteiger partial charge on any atom is 0.227 e. The molecular weight excluding hydrogens is 602 g/mol. The van der Waals surface area contributed by atoms with Crippen LogP contribution in [0.1, 0.15) is 55.6 Å². The molecule has 0 radical (unpaired) electrons. The van der Waals surface area contributed by atoms with E-state index in [4.69, 9.17) is 23.2 Å². The number of halogens is 3. The summed E-state index contributed by atoms with van der Waals surface area (Å²) in [5.41, 5.74) is 4.67. The topological polar surface area (TPSA) is 112 Å². The number of rotatable bonds is 8. The number of nitriles is 1. The monoisotopic (exact) mass is 628 g/mol. The maximum atomic E-state index is 13.8. The number of nitrogens with zero attached hydrogens (tertiary/aromatic N) is 6. The number of carbonyl (C=O) groups is 1. The van der Waals surface area contributed by atoms with Crippen LogP contribution in [-0.4, -0.2) is 32.4 Å². The summed E-state index contributed by atoms with van der Waals surface area (Å²) in [5.74, 6) is -0.451. The summed E-state index contributed by atoms with van der Waals surface area (Å²) in [6.45, 7) is 4.71. The van der Waals surface area contributed by atoms with Crippen LogP contribution in [-0.2, 0) is 4.79 Å². The smallest absolute Gasteiger partial charge is 0.227 e. The SMILES string of the molecule is CC(C)n1cc([C@@H](Nc2cc(Cl)c3ncc(C#N)c(Nc4ccc(F)c(Cl)c4)c3c2)c2cccc(N3CCCC3=O)c2)nn1. The summed E-state index contributed by atoms with van der Waals surface area (Å²) in [7, 11) is 0. The molecule has 1 aliphatic heterocycles. The Balaban J connectivity index is 1.45. The van der Waals surface area contributed by atoms with Crippen molar-refractivity contribution in [1.82, 2.24) is 20.0 Å². The van der Waals surface area contributed by atoms with E-state index in [0.29, 0.717) is 51.6 Å². The van der Waals surface area contributed by atoms with Crippen LogP contribution in [0.4, 0.5) is 27.1 Å². The highest BCUT2D eigenvalue weighted by molar-refractivity contribution is 6.36. The van der Waals surface area contributed by atoms with Crippen LogP contribution in [0.2, 0.25) is 10.0 Å². The second-order valence-corrected chi connectivity index (χ2v) is 11.6. The third-order valence-electron chi connectivity index (χ3n) is 7.49. The van der Waals surface area contributed by atoms with E-state index < -0.39 is 11.9 Å². The fourth-order valence-electron chi connectivity index (χ4n) is 5.24. The lowest BCUT2D eigenvalue weighted by atomic mass is 10.0. The van der Waals surface area contributed by atoms with Gasteiger partial charge >= 0.3 is 0 Å². The molecule has 1 aliphatic rings. The van der Waals surface area contributed by atoms with Gasteiger partial charge in [-0.2, -0.15) is 5.26 Å². The number of benzene rings is 3. The van der Waals surface area contributed by atoms with E-state index in [9.17, 15) is 14.4 Å². The molecule has 2 N–H and O–H groups in total. The average molecular weight is 630 g/mol. The van der Waals surface area contributed by atoms with Gasteiger partial charge in [0.1, 0.15) is 17.6 Å². The molecule has 44 heavy (non-hydrogen) atoms. The molecule has 0 bridgehead atoms. The highest BCUT2D eigenvalue weighted by atomic mass is 35.5. The van der Waals surface area contributed by atoms with Gasteiger partial charge in [0.15, 0.2) is 0 Å². The summed E-state index contributed by atoms with van der Waals surface area (Å²) >= 11 is 12.8. The zero-order valence-electron chi connectivity index (χ0n) is 23.9. The fourth-order valence-corrected chi connectivity index (χ4v) is 5.69. The van der Waals surface area contributed by atoms with Crippen LogP contribution in [0.5, 0.6) is 0 Å². The van der Waals surface area contributed by atoms with Gasteiger partial charge in [-0.3, -0.25) is 9.78 Å². The molecular formula is C32H27Cl2FN8O. The van der Waals surface area contributed by atoms with Crippen molar-refractivity contribution in [2.75, 3.05) is 22.1 Å². The summed E-state index contributed by atoms with van der Waals surface area (Å²) in [4.78, 5) is 18.8. The Morgan fingerprint density at radius 3 is 2.59 bits per heavy atom. The number of hydrogen-bond donors (Lipinski definition) is 2. The molecule has 1 atom stereocenters. The van der Waals surface area contributed by atoms with Gasteiger partial charge in [0.05, 0.1) is 39.1 Å². The van der Waals surface area contributed by atoms with Gasteiger partial charge in [0.2, 0.25) is 5.91 Å². The molecule has 5 aromatic rings. The lowest BCUT2D eigenvalue weighted by Crippen LogP contribution is -2.24. The molecule has 1 fully saturated rings. The first-order valence-corrected chi connectivity index (χ1v) is 14.8. The van der Waals surface area contributed by atoms with E-state index in [1.807, 2.05) is 50.4 Å². The van der Waals surface area contributed by atoms with E-state index >= 15 is 0 Å². The summed E-state index contributed by atoms with van der Waals surface area (Å²) in [5, 5.41) is 26.3. The third kappa shape index (κ3) is 5.76. The largest absolute Gasteiger partial charge is 0.373 e. The van der Waals surface area contributed by atoms with Crippen LogP contribution in [0.3, 0.4) is 0 Å². The van der Waals surface area contributed by atoms with E-state index in [1.54, 1.807) is 15.6 Å². The normalized spacial score (nSPS) is 13.8. The second-order valence-electron chi connectivity index (χ2n) is 10.8. The van der Waals surface area contributed by atoms with Gasteiger partial charge in [-0.05, 0) is 68.3 Å². The first kappa shape index (κ1) is 29.4. The van der Waals surface area contributed by atoms with Gasteiger partial charge in [-0.1, -0.05) is 40.5 Å². The van der Waals surface area contributed by atoms with Gasteiger partial charge in [0, 0.05) is 47.7 Å². The van der Waals surface area contributed by atoms with E-state index in [1.165, 1.54) is 24.4 Å². The predicted octanol–water partition coefficient (Wildman–Crippen LogP) is 7.80. The molecule has 12 heteroatoms. The number of carbonyl (C=O) groups excluding carboxylic acids is 1. The molecule has 3 heterocycles. The predicted molar refractivity (Wildman–Crippen MR) is 170 cm³/mol. The van der Waals surface area contributed by atoms with Crippen molar-refractivity contribution in [3.63, 3.8) is 0 Å². The Morgan fingerprint density at radius 1 is 1.07 bits per heavy atom. The fraction of sp³-hybridized carbons (Fsp3) is 0.219. The van der Waals surface area contributed by atoms with Crippen molar-refractivity contribution in [3.8, 4) is 6.07 Å². The Hall–Kier alpha value is -4.72. The number of amides is 1. The van der Waals surface area contributed by atoms with Crippen molar-refractivity contribution in [2.45, 2.75) is 38.8 Å². The van der Waals surface area contributed by atoms with Gasteiger partial charge in [-0.25, -0.2) is 9.07 Å². The number of pyridine rings is 1. The Morgan fingerprint density at radius 2 is 1.89 bits per heavy atom. The number of anilines is 4. The molecule has 1 amide bonds. The number of nitrogens with one attached hydrogen (secondary N) is 2. The highest BCUT2D eigenvalue weighted by Gasteiger charge is 2.25. The number of aromatic nitrogens is 4. The minimum atomic E-state index is -0.551. The van der Waals surface area contributed by atoms with Crippen LogP contribution in [0.15, 0.2) is 67.0 Å². The van der Waals surface area contributed by atoms with Crippen molar-refractivity contribution in [1.29, 1.82) is 5.26 Å². The first-order chi connectivity index (χ1) is 21.2. The minimum Gasteiger partial charge on any atom is -0.373 e. The quantitative estimate of drug-likeness (QED) is 0.180. The lowest BCUT2D eigenvalue weighted by molar-refractivity contribution is -0.117. The summed E-state index contributed by atoms with van der Waals surface area (Å²) < 4.78 is 15.6. The molecule has 6 rings (SSSR count). The van der Waals surface area contributed by atoms with Crippen molar-refractivity contribution < 1.29 is 9.18 Å². The average Bonchev–Trinajstić information content (AvgIpc) is 3.68. The van der Waals surface area contributed by atoms with Crippen LogP contribution >= 0.6 is 23.2 Å². The standard InChI is InChI=1S/C32H27Cl2FN8O/c1-18(2)43-17-28(40-41-43)31(19-5-3-6-23(11-19)42-10-4-7-29(42)44)39-22-12-24-30(38-21-8-9-27(35)25(33)13-21)20(15-36)16-37-32(24)26(34)14-22/h3,5-6,8-9,11-14,16-18,31,39H,4,7,10H2,1-2H3,(H,37,38)/t31-/m0/s1. The van der Waals surface area contributed by atoms with Crippen LogP contribution < -0.4 is 15.5 Å². The van der Waals surface area contributed by atoms with E-state index in [2.05, 4.69) is 32.0 Å². The number of fused-ring (bicyclic) bond motifs is 1. The Bertz CT molecular complexity index is 1940. The van der Waals surface area contributed by atoms with Crippen LogP contribution in [0.25, 0.3) is 10.9 Å². The van der Waals surface area contributed by atoms with E-state index in [-0.39, 0.29) is 22.5 Å². The molecule has 0 saturated carbocycles. The zero-order valence-corrected chi connectivity index (χ0v) is 25.4. The zero-order chi connectivity index (χ0) is 31.0. The summed E-state index contributed by atoms with van der Waals surface area (Å²) in [6.07, 6.45) is 4.68. The first-order valence-electron chi connectivity index (χ1n) is 14.0. The van der Waals surface area contributed by atoms with Gasteiger partial charge in [-0.15, -0.1) is 5.10 Å². The lowest BCUT2D eigenvalue weighted by Gasteiger charge is -2.22. The van der Waals surface area contributed by atoms with Gasteiger partial charge in [0.25, 0.3) is 0 Å². The van der Waals surface area contributed by atoms with Crippen LogP contribution in [0, 0.1) is 17.1 Å². The van der Waals surface area contributed by atoms with Crippen molar-refractivity contribution in [3.05, 3.63) is 99.7 Å². The van der Waals surface area contributed by atoms with E-state index in [0.717, 1.165) is 17.7 Å². The van der Waals surface area contributed by atoms with Crippen molar-refractivity contribution in [2.24, 2.45) is 0 Å². The Kier molecular flexibility index (Phi) is 8.08. The van der Waals surface area contributed by atoms with Crippen molar-refractivity contribution >= 4 is 62.8 Å². The minimum absolute atomic E-state index is 0.0533. The molecule has 222 valence electrons. The molecule has 9 nitrogen and oxygen atoms in total. The molecule has 1 saturated heterocycles. The molecule has 2 aromatic heterocycles. The summed E-state index contributed by atoms with van der Waals surface area (Å²) in [6, 6.07) is 17.4. The second kappa shape index (κ2) is 12.1. The third-order valence-corrected chi connectivity index (χ3v) is 8.06. The van der Waals surface area contributed by atoms with Gasteiger partial charge < -0.3 is 15.5 Å². The number of hydrogen-bond acceptors (Lipinski definition) is 7. The molecule has 0 spiro atoms.